The van der Waals surface area contributed by atoms with Crippen LogP contribution in [0.1, 0.15) is 34.8 Å². The Labute approximate surface area is 174 Å². The summed E-state index contributed by atoms with van der Waals surface area (Å²) in [5.74, 6) is 0.361. The minimum atomic E-state index is -0.574. The van der Waals surface area contributed by atoms with Crippen LogP contribution in [-0.4, -0.2) is 38.6 Å². The minimum absolute atomic E-state index is 0.305. The van der Waals surface area contributed by atoms with Crippen molar-refractivity contribution in [3.8, 4) is 11.3 Å². The number of nitrogens with zero attached hydrogens (tertiary/aromatic N) is 1. The molecular formula is C22H24FN3O4. The summed E-state index contributed by atoms with van der Waals surface area (Å²) in [6.45, 7) is 0. The maximum Gasteiger partial charge on any atom is 0.183 e. The molecule has 0 spiro atoms. The van der Waals surface area contributed by atoms with Crippen molar-refractivity contribution in [3.05, 3.63) is 64.5 Å². The number of rotatable bonds is 8. The van der Waals surface area contributed by atoms with Crippen molar-refractivity contribution in [3.63, 3.8) is 0 Å². The molecule has 1 heterocycles. The molecule has 0 unspecified atom stereocenters. The second kappa shape index (κ2) is 8.53. The lowest BCUT2D eigenvalue weighted by Gasteiger charge is -2.23. The van der Waals surface area contributed by atoms with Gasteiger partial charge in [0.2, 0.25) is 0 Å². The smallest absolute Gasteiger partial charge is 0.183 e. The molecule has 30 heavy (non-hydrogen) atoms. The molecule has 2 N–H and O–H groups in total. The lowest BCUT2D eigenvalue weighted by molar-refractivity contribution is -0.123. The molecule has 0 saturated carbocycles. The van der Waals surface area contributed by atoms with Crippen LogP contribution in [-0.2, 0) is 25.4 Å². The number of fused-ring (bicyclic) bond motifs is 3. The van der Waals surface area contributed by atoms with Gasteiger partial charge in [0.15, 0.2) is 18.4 Å². The molecule has 0 radical (unpaired) electrons. The van der Waals surface area contributed by atoms with Crippen LogP contribution in [0.15, 0.2) is 36.4 Å². The molecule has 7 nitrogen and oxygen atoms in total. The van der Waals surface area contributed by atoms with E-state index >= 15 is 0 Å². The second-order valence-corrected chi connectivity index (χ2v) is 6.98. The zero-order valence-corrected chi connectivity index (χ0v) is 17.3. The van der Waals surface area contributed by atoms with Crippen molar-refractivity contribution >= 4 is 11.5 Å². The number of nitrogens with one attached hydrogen (secondary N) is 2. The number of hydrogen-bond donors (Lipinski definition) is 2. The number of methoxy groups -OCH3 is 4. The SMILES string of the molecule is COC(OC)c1cc2c(cc1C(OC)OC)-c1[nH]nc(Nc3cccc(F)c3)c1C2. The van der Waals surface area contributed by atoms with Crippen molar-refractivity contribution in [1.29, 1.82) is 0 Å². The molecule has 0 atom stereocenters. The summed E-state index contributed by atoms with van der Waals surface area (Å²) < 4.78 is 35.5. The van der Waals surface area contributed by atoms with Crippen LogP contribution in [0, 0.1) is 5.82 Å². The monoisotopic (exact) mass is 413 g/mol. The van der Waals surface area contributed by atoms with Gasteiger partial charge in [0.05, 0.1) is 5.69 Å². The molecule has 2 aromatic carbocycles. The van der Waals surface area contributed by atoms with E-state index < -0.39 is 12.6 Å². The first-order valence-corrected chi connectivity index (χ1v) is 9.47. The van der Waals surface area contributed by atoms with Crippen LogP contribution in [0.3, 0.4) is 0 Å². The van der Waals surface area contributed by atoms with E-state index in [9.17, 15) is 4.39 Å². The average Bonchev–Trinajstić information content (AvgIpc) is 3.29. The third-order valence-corrected chi connectivity index (χ3v) is 5.26. The van der Waals surface area contributed by atoms with Crippen LogP contribution < -0.4 is 5.32 Å². The van der Waals surface area contributed by atoms with E-state index in [0.29, 0.717) is 17.9 Å². The predicted molar refractivity (Wildman–Crippen MR) is 110 cm³/mol. The summed E-state index contributed by atoms with van der Waals surface area (Å²) in [5, 5.41) is 10.7. The fourth-order valence-electron chi connectivity index (χ4n) is 3.92. The quantitative estimate of drug-likeness (QED) is 0.416. The third-order valence-electron chi connectivity index (χ3n) is 5.26. The second-order valence-electron chi connectivity index (χ2n) is 6.98. The van der Waals surface area contributed by atoms with E-state index in [1.165, 1.54) is 12.1 Å². The number of halogens is 1. The van der Waals surface area contributed by atoms with Crippen molar-refractivity contribution < 1.29 is 23.3 Å². The van der Waals surface area contributed by atoms with E-state index in [1.54, 1.807) is 40.6 Å². The molecule has 0 fully saturated rings. The van der Waals surface area contributed by atoms with Crippen molar-refractivity contribution in [1.82, 2.24) is 10.2 Å². The molecule has 0 amide bonds. The number of aromatic amines is 1. The molecule has 1 aliphatic rings. The van der Waals surface area contributed by atoms with Crippen LogP contribution >= 0.6 is 0 Å². The standard InChI is InChI=1S/C22H24FN3O4/c1-27-21(28-2)16-8-12-9-18-19(15(12)11-17(16)22(29-3)30-4)25-26-20(18)24-14-7-5-6-13(23)10-14/h5-8,10-11,21-22H,9H2,1-4H3,(H2,24,25,26). The highest BCUT2D eigenvalue weighted by molar-refractivity contribution is 5.80. The summed E-state index contributed by atoms with van der Waals surface area (Å²) in [7, 11) is 6.35. The molecular weight excluding hydrogens is 389 g/mol. The van der Waals surface area contributed by atoms with Crippen LogP contribution in [0.2, 0.25) is 0 Å². The Bertz CT molecular complexity index is 1040. The van der Waals surface area contributed by atoms with Crippen LogP contribution in [0.25, 0.3) is 11.3 Å². The van der Waals surface area contributed by atoms with Gasteiger partial charge < -0.3 is 24.3 Å². The molecule has 3 aromatic rings. The van der Waals surface area contributed by atoms with E-state index in [0.717, 1.165) is 33.5 Å². The normalized spacial score (nSPS) is 12.5. The Morgan fingerprint density at radius 1 is 0.967 bits per heavy atom. The van der Waals surface area contributed by atoms with E-state index in [-0.39, 0.29) is 5.82 Å². The van der Waals surface area contributed by atoms with E-state index in [2.05, 4.69) is 15.5 Å². The molecule has 1 aliphatic carbocycles. The fourth-order valence-corrected chi connectivity index (χ4v) is 3.92. The number of anilines is 2. The molecule has 158 valence electrons. The van der Waals surface area contributed by atoms with Crippen molar-refractivity contribution in [2.75, 3.05) is 33.8 Å². The Morgan fingerprint density at radius 3 is 2.27 bits per heavy atom. The van der Waals surface area contributed by atoms with Gasteiger partial charge in [-0.05, 0) is 35.9 Å². The lowest BCUT2D eigenvalue weighted by atomic mass is 9.98. The number of benzene rings is 2. The zero-order chi connectivity index (χ0) is 21.3. The Balaban J connectivity index is 1.75. The van der Waals surface area contributed by atoms with Crippen molar-refractivity contribution in [2.45, 2.75) is 19.0 Å². The van der Waals surface area contributed by atoms with Gasteiger partial charge in [-0.25, -0.2) is 4.39 Å². The minimum Gasteiger partial charge on any atom is -0.352 e. The maximum absolute atomic E-state index is 13.5. The Hall–Kier alpha value is -2.78. The summed E-state index contributed by atoms with van der Waals surface area (Å²) in [5.41, 5.74) is 6.32. The largest absolute Gasteiger partial charge is 0.352 e. The molecule has 0 bridgehead atoms. The number of hydrogen-bond acceptors (Lipinski definition) is 6. The average molecular weight is 413 g/mol. The van der Waals surface area contributed by atoms with Gasteiger partial charge >= 0.3 is 0 Å². The first kappa shape index (κ1) is 20.5. The molecule has 0 saturated heterocycles. The Morgan fingerprint density at radius 2 is 1.63 bits per heavy atom. The molecule has 8 heteroatoms. The van der Waals surface area contributed by atoms with Crippen molar-refractivity contribution in [2.24, 2.45) is 0 Å². The predicted octanol–water partition coefficient (Wildman–Crippen LogP) is 4.45. The van der Waals surface area contributed by atoms with Gasteiger partial charge in [-0.1, -0.05) is 6.07 Å². The zero-order valence-electron chi connectivity index (χ0n) is 17.3. The molecule has 1 aromatic heterocycles. The molecule has 4 rings (SSSR count). The number of ether oxygens (including phenoxy) is 4. The van der Waals surface area contributed by atoms with Gasteiger partial charge in [0.25, 0.3) is 0 Å². The van der Waals surface area contributed by atoms with E-state index in [4.69, 9.17) is 18.9 Å². The summed E-state index contributed by atoms with van der Waals surface area (Å²) in [4.78, 5) is 0. The first-order valence-electron chi connectivity index (χ1n) is 9.47. The summed E-state index contributed by atoms with van der Waals surface area (Å²) in [6.07, 6.45) is -0.466. The highest BCUT2D eigenvalue weighted by atomic mass is 19.1. The van der Waals surface area contributed by atoms with Gasteiger partial charge in [0.1, 0.15) is 5.82 Å². The van der Waals surface area contributed by atoms with Gasteiger partial charge in [0, 0.05) is 62.8 Å². The summed E-state index contributed by atoms with van der Waals surface area (Å²) >= 11 is 0. The third kappa shape index (κ3) is 3.59. The first-order chi connectivity index (χ1) is 14.6. The van der Waals surface area contributed by atoms with Gasteiger partial charge in [-0.2, -0.15) is 5.10 Å². The Kier molecular flexibility index (Phi) is 5.83. The van der Waals surface area contributed by atoms with Gasteiger partial charge in [-0.15, -0.1) is 0 Å². The number of H-pyrrole nitrogens is 1. The maximum atomic E-state index is 13.5. The van der Waals surface area contributed by atoms with Gasteiger partial charge in [-0.3, -0.25) is 5.10 Å². The summed E-state index contributed by atoms with van der Waals surface area (Å²) in [6, 6.07) is 10.4. The van der Waals surface area contributed by atoms with Crippen LogP contribution in [0.4, 0.5) is 15.9 Å². The fraction of sp³-hybridized carbons (Fsp3) is 0.318. The molecule has 0 aliphatic heterocycles. The highest BCUT2D eigenvalue weighted by Gasteiger charge is 2.30. The number of aromatic nitrogens is 2. The van der Waals surface area contributed by atoms with E-state index in [1.807, 2.05) is 12.1 Å². The lowest BCUT2D eigenvalue weighted by Crippen LogP contribution is -2.13. The highest BCUT2D eigenvalue weighted by Crippen LogP contribution is 2.43. The topological polar surface area (TPSA) is 77.6 Å². The van der Waals surface area contributed by atoms with Crippen LogP contribution in [0.5, 0.6) is 0 Å².